The zero-order chi connectivity index (χ0) is 11.9. The maximum atomic E-state index is 9.19. The highest BCUT2D eigenvalue weighted by atomic mass is 14.7. The maximum Gasteiger partial charge on any atom is 0.0716 e. The first-order valence-corrected chi connectivity index (χ1v) is 5.74. The highest BCUT2D eigenvalue weighted by Crippen LogP contribution is 2.20. The lowest BCUT2D eigenvalue weighted by atomic mass is 9.95. The molecule has 84 valence electrons. The van der Waals surface area contributed by atoms with E-state index in [0.717, 1.165) is 24.1 Å². The van der Waals surface area contributed by atoms with Gasteiger partial charge in [0.1, 0.15) is 0 Å². The summed E-state index contributed by atoms with van der Waals surface area (Å²) < 4.78 is 0. The molecule has 0 aliphatic carbocycles. The van der Waals surface area contributed by atoms with Gasteiger partial charge >= 0.3 is 0 Å². The van der Waals surface area contributed by atoms with Crippen LogP contribution in [0.15, 0.2) is 54.7 Å². The zero-order valence-corrected chi connectivity index (χ0v) is 9.58. The smallest absolute Gasteiger partial charge is 0.0716 e. The molecule has 2 rings (SSSR count). The molecule has 0 bridgehead atoms. The minimum absolute atomic E-state index is 0.0433. The molecule has 0 saturated carbocycles. The molecule has 17 heavy (non-hydrogen) atoms. The predicted molar refractivity (Wildman–Crippen MR) is 67.4 cm³/mol. The third-order valence-electron chi connectivity index (χ3n) is 2.77. The van der Waals surface area contributed by atoms with Gasteiger partial charge in [0.05, 0.1) is 12.0 Å². The van der Waals surface area contributed by atoms with Crippen LogP contribution >= 0.6 is 0 Å². The van der Waals surface area contributed by atoms with Crippen molar-refractivity contribution in [3.8, 4) is 6.07 Å². The molecule has 1 atom stereocenters. The first-order valence-electron chi connectivity index (χ1n) is 5.74. The molecule has 0 N–H and O–H groups in total. The Morgan fingerprint density at radius 1 is 1.06 bits per heavy atom. The van der Waals surface area contributed by atoms with Gasteiger partial charge in [0, 0.05) is 11.9 Å². The van der Waals surface area contributed by atoms with Gasteiger partial charge in [0.15, 0.2) is 0 Å². The Bertz CT molecular complexity index is 485. The fourth-order valence-corrected chi connectivity index (χ4v) is 1.83. The van der Waals surface area contributed by atoms with Gasteiger partial charge in [-0.2, -0.15) is 5.26 Å². The van der Waals surface area contributed by atoms with Crippen LogP contribution in [0.4, 0.5) is 0 Å². The van der Waals surface area contributed by atoms with E-state index in [0.29, 0.717) is 0 Å². The van der Waals surface area contributed by atoms with Gasteiger partial charge in [-0.1, -0.05) is 36.4 Å². The van der Waals surface area contributed by atoms with Crippen LogP contribution in [0.5, 0.6) is 0 Å². The summed E-state index contributed by atoms with van der Waals surface area (Å²) in [5.41, 5.74) is 2.13. The molecule has 0 fully saturated rings. The fraction of sp³-hybridized carbons (Fsp3) is 0.200. The van der Waals surface area contributed by atoms with E-state index in [1.807, 2.05) is 48.5 Å². The van der Waals surface area contributed by atoms with Crippen molar-refractivity contribution in [2.75, 3.05) is 0 Å². The molecule has 0 amide bonds. The predicted octanol–water partition coefficient (Wildman–Crippen LogP) is 3.32. The Labute approximate surface area is 102 Å². The number of hydrogen-bond acceptors (Lipinski definition) is 2. The molecule has 2 aromatic rings. The lowest BCUT2D eigenvalue weighted by Crippen LogP contribution is -1.99. The lowest BCUT2D eigenvalue weighted by molar-refractivity contribution is 0.733. The number of pyridine rings is 1. The van der Waals surface area contributed by atoms with Crippen LogP contribution in [0, 0.1) is 11.3 Å². The summed E-state index contributed by atoms with van der Waals surface area (Å²) in [7, 11) is 0. The van der Waals surface area contributed by atoms with Crippen LogP contribution in [-0.2, 0) is 6.42 Å². The van der Waals surface area contributed by atoms with Crippen LogP contribution in [-0.4, -0.2) is 4.98 Å². The molecular formula is C15H14N2. The number of aryl methyl sites for hydroxylation is 1. The highest BCUT2D eigenvalue weighted by Gasteiger charge is 2.10. The SMILES string of the molecule is N#CC(CCc1ccccn1)c1ccccc1. The van der Waals surface area contributed by atoms with Crippen molar-refractivity contribution in [2.24, 2.45) is 0 Å². The van der Waals surface area contributed by atoms with E-state index >= 15 is 0 Å². The van der Waals surface area contributed by atoms with Crippen molar-refractivity contribution in [1.29, 1.82) is 5.26 Å². The van der Waals surface area contributed by atoms with Crippen molar-refractivity contribution in [2.45, 2.75) is 18.8 Å². The van der Waals surface area contributed by atoms with Gasteiger partial charge in [-0.3, -0.25) is 4.98 Å². The normalized spacial score (nSPS) is 11.7. The Morgan fingerprint density at radius 3 is 2.47 bits per heavy atom. The van der Waals surface area contributed by atoms with E-state index in [1.165, 1.54) is 0 Å². The molecule has 1 heterocycles. The number of aromatic nitrogens is 1. The lowest BCUT2D eigenvalue weighted by Gasteiger charge is -2.08. The molecule has 0 spiro atoms. The maximum absolute atomic E-state index is 9.19. The summed E-state index contributed by atoms with van der Waals surface area (Å²) in [6.45, 7) is 0. The first-order chi connectivity index (χ1) is 8.40. The number of nitriles is 1. The Hall–Kier alpha value is -2.14. The average Bonchev–Trinajstić information content (AvgIpc) is 2.42. The second-order valence-corrected chi connectivity index (χ2v) is 3.95. The van der Waals surface area contributed by atoms with Crippen LogP contribution in [0.25, 0.3) is 0 Å². The van der Waals surface area contributed by atoms with Gasteiger partial charge in [-0.25, -0.2) is 0 Å². The largest absolute Gasteiger partial charge is 0.261 e. The molecule has 0 saturated heterocycles. The first kappa shape index (κ1) is 11.3. The van der Waals surface area contributed by atoms with Gasteiger partial charge in [0.25, 0.3) is 0 Å². The van der Waals surface area contributed by atoms with Crippen molar-refractivity contribution in [3.05, 3.63) is 66.0 Å². The highest BCUT2D eigenvalue weighted by molar-refractivity contribution is 5.24. The third kappa shape index (κ3) is 3.15. The summed E-state index contributed by atoms with van der Waals surface area (Å²) in [5, 5.41) is 9.19. The number of benzene rings is 1. The van der Waals surface area contributed by atoms with Crippen LogP contribution in [0.3, 0.4) is 0 Å². The Kier molecular flexibility index (Phi) is 3.88. The molecule has 0 aliphatic heterocycles. The molecular weight excluding hydrogens is 208 g/mol. The van der Waals surface area contributed by atoms with Gasteiger partial charge in [0.2, 0.25) is 0 Å². The summed E-state index contributed by atoms with van der Waals surface area (Å²) >= 11 is 0. The molecule has 1 aromatic carbocycles. The van der Waals surface area contributed by atoms with E-state index in [9.17, 15) is 5.26 Å². The number of hydrogen-bond donors (Lipinski definition) is 0. The van der Waals surface area contributed by atoms with Crippen molar-refractivity contribution < 1.29 is 0 Å². The monoisotopic (exact) mass is 222 g/mol. The molecule has 1 aromatic heterocycles. The Balaban J connectivity index is 2.01. The number of nitrogens with zero attached hydrogens (tertiary/aromatic N) is 2. The quantitative estimate of drug-likeness (QED) is 0.795. The standard InChI is InChI=1S/C15H14N2/c16-12-14(13-6-2-1-3-7-13)9-10-15-8-4-5-11-17-15/h1-8,11,14H,9-10H2. The minimum atomic E-state index is -0.0433. The molecule has 0 aliphatic rings. The summed E-state index contributed by atoms with van der Waals surface area (Å²) in [6.07, 6.45) is 3.45. The summed E-state index contributed by atoms with van der Waals surface area (Å²) in [6, 6.07) is 18.2. The summed E-state index contributed by atoms with van der Waals surface area (Å²) in [4.78, 5) is 4.27. The zero-order valence-electron chi connectivity index (χ0n) is 9.58. The summed E-state index contributed by atoms with van der Waals surface area (Å²) in [5.74, 6) is -0.0433. The van der Waals surface area contributed by atoms with Crippen LogP contribution in [0.2, 0.25) is 0 Å². The third-order valence-corrected chi connectivity index (χ3v) is 2.77. The van der Waals surface area contributed by atoms with Crippen molar-refractivity contribution in [3.63, 3.8) is 0 Å². The Morgan fingerprint density at radius 2 is 1.82 bits per heavy atom. The van der Waals surface area contributed by atoms with E-state index in [2.05, 4.69) is 11.1 Å². The fourth-order valence-electron chi connectivity index (χ4n) is 1.83. The van der Waals surface area contributed by atoms with Crippen LogP contribution in [0.1, 0.15) is 23.6 Å². The molecule has 1 unspecified atom stereocenters. The topological polar surface area (TPSA) is 36.7 Å². The van der Waals surface area contributed by atoms with Gasteiger partial charge < -0.3 is 0 Å². The minimum Gasteiger partial charge on any atom is -0.261 e. The van der Waals surface area contributed by atoms with E-state index < -0.39 is 0 Å². The second kappa shape index (κ2) is 5.81. The van der Waals surface area contributed by atoms with Crippen LogP contribution < -0.4 is 0 Å². The second-order valence-electron chi connectivity index (χ2n) is 3.95. The van der Waals surface area contributed by atoms with Gasteiger partial charge in [-0.15, -0.1) is 0 Å². The van der Waals surface area contributed by atoms with Crippen molar-refractivity contribution in [1.82, 2.24) is 4.98 Å². The molecule has 2 heteroatoms. The molecule has 2 nitrogen and oxygen atoms in total. The van der Waals surface area contributed by atoms with E-state index in [4.69, 9.17) is 0 Å². The molecule has 0 radical (unpaired) electrons. The number of rotatable bonds is 4. The van der Waals surface area contributed by atoms with Gasteiger partial charge in [-0.05, 0) is 30.5 Å². The van der Waals surface area contributed by atoms with E-state index in [1.54, 1.807) is 6.20 Å². The van der Waals surface area contributed by atoms with E-state index in [-0.39, 0.29) is 5.92 Å². The van der Waals surface area contributed by atoms with Crippen molar-refractivity contribution >= 4 is 0 Å². The average molecular weight is 222 g/mol.